The number of fused-ring (bicyclic) bond motifs is 2. The Kier molecular flexibility index (Phi) is 3.25. The quantitative estimate of drug-likeness (QED) is 0.907. The molecule has 0 saturated carbocycles. The maximum atomic E-state index is 12.7. The van der Waals surface area contributed by atoms with Crippen LogP contribution < -0.4 is 5.32 Å². The van der Waals surface area contributed by atoms with E-state index in [4.69, 9.17) is 4.42 Å². The number of nitrogens with one attached hydrogen (secondary N) is 1. The molecule has 1 aromatic rings. The van der Waals surface area contributed by atoms with E-state index in [2.05, 4.69) is 12.2 Å². The molecule has 1 aliphatic carbocycles. The second-order valence-corrected chi connectivity index (χ2v) is 8.02. The van der Waals surface area contributed by atoms with Crippen LogP contribution in [0.15, 0.2) is 16.7 Å². The summed E-state index contributed by atoms with van der Waals surface area (Å²) in [5, 5.41) is 3.15. The van der Waals surface area contributed by atoms with Gasteiger partial charge in [0, 0.05) is 24.2 Å². The average molecular weight is 320 g/mol. The minimum absolute atomic E-state index is 0.0181. The zero-order valence-corrected chi connectivity index (χ0v) is 13.4. The Bertz CT molecular complexity index is 629. The first-order valence-corrected chi connectivity index (χ1v) is 8.90. The summed E-state index contributed by atoms with van der Waals surface area (Å²) in [6.45, 7) is 2.07. The molecule has 3 heterocycles. The van der Waals surface area contributed by atoms with Crippen molar-refractivity contribution in [2.45, 2.75) is 56.0 Å². The Hall–Kier alpha value is -1.43. The van der Waals surface area contributed by atoms with E-state index in [1.807, 2.05) is 11.0 Å². The number of hydrogen-bond acceptors (Lipinski definition) is 4. The van der Waals surface area contributed by atoms with Crippen LogP contribution in [-0.2, 0) is 16.0 Å². The van der Waals surface area contributed by atoms with Crippen LogP contribution >= 0.6 is 11.8 Å². The number of aryl methyl sites for hydroxylation is 1. The number of amides is 2. The summed E-state index contributed by atoms with van der Waals surface area (Å²) in [4.78, 5) is 26.5. The molecule has 0 bridgehead atoms. The van der Waals surface area contributed by atoms with Gasteiger partial charge in [0.25, 0.3) is 0 Å². The van der Waals surface area contributed by atoms with Crippen LogP contribution in [0.4, 0.5) is 0 Å². The summed E-state index contributed by atoms with van der Waals surface area (Å²) >= 11 is 1.73. The van der Waals surface area contributed by atoms with Crippen molar-refractivity contribution in [1.82, 2.24) is 10.2 Å². The van der Waals surface area contributed by atoms with Crippen molar-refractivity contribution in [3.63, 3.8) is 0 Å². The number of furan rings is 1. The molecule has 0 spiro atoms. The van der Waals surface area contributed by atoms with Crippen molar-refractivity contribution in [3.8, 4) is 0 Å². The number of hydrogen-bond donors (Lipinski definition) is 1. The molecular weight excluding hydrogens is 300 g/mol. The van der Waals surface area contributed by atoms with Crippen LogP contribution in [0.2, 0.25) is 0 Å². The predicted molar refractivity (Wildman–Crippen MR) is 83.3 cm³/mol. The number of nitrogens with zero attached hydrogens (tertiary/aromatic N) is 1. The van der Waals surface area contributed by atoms with E-state index in [0.29, 0.717) is 12.2 Å². The fourth-order valence-electron chi connectivity index (χ4n) is 3.92. The van der Waals surface area contributed by atoms with Crippen molar-refractivity contribution in [2.24, 2.45) is 0 Å². The van der Waals surface area contributed by atoms with Crippen molar-refractivity contribution in [3.05, 3.63) is 23.7 Å². The molecule has 2 amide bonds. The van der Waals surface area contributed by atoms with Gasteiger partial charge in [-0.1, -0.05) is 0 Å². The predicted octanol–water partition coefficient (Wildman–Crippen LogP) is 2.23. The topological polar surface area (TPSA) is 62.6 Å². The lowest BCUT2D eigenvalue weighted by Gasteiger charge is -2.31. The molecule has 3 aliphatic rings. The van der Waals surface area contributed by atoms with E-state index < -0.39 is 0 Å². The van der Waals surface area contributed by atoms with Crippen LogP contribution in [0.25, 0.3) is 0 Å². The summed E-state index contributed by atoms with van der Waals surface area (Å²) in [5.41, 5.74) is 1.10. The first-order valence-electron chi connectivity index (χ1n) is 7.91. The molecular formula is C16H20N2O3S. The summed E-state index contributed by atoms with van der Waals surface area (Å²) in [6, 6.07) is 1.64. The lowest BCUT2D eigenvalue weighted by Crippen LogP contribution is -2.50. The molecule has 2 aliphatic heterocycles. The number of carbonyl (C=O) groups is 2. The van der Waals surface area contributed by atoms with Gasteiger partial charge in [-0.25, -0.2) is 0 Å². The number of carbonyl (C=O) groups excluding carboxylic acids is 2. The monoisotopic (exact) mass is 320 g/mol. The maximum Gasteiger partial charge on any atom is 0.244 e. The molecule has 0 radical (unpaired) electrons. The van der Waals surface area contributed by atoms with Crippen LogP contribution in [0.3, 0.4) is 0 Å². The number of thioether (sulfide) groups is 1. The van der Waals surface area contributed by atoms with Crippen LogP contribution in [-0.4, -0.2) is 33.4 Å². The zero-order valence-electron chi connectivity index (χ0n) is 12.6. The van der Waals surface area contributed by atoms with Crippen LogP contribution in [0.1, 0.15) is 50.0 Å². The molecule has 2 saturated heterocycles. The van der Waals surface area contributed by atoms with E-state index >= 15 is 0 Å². The standard InChI is InChI=1S/C16H20N2O3S/c1-16-7-5-14(19)18(16)12(9-22-16)15(20)17-11-3-2-4-13-10(11)6-8-21-13/h6,8,11-12H,2-5,7,9H2,1H3,(H,17,20)/t11-,12+,16+/m1/s1. The van der Waals surface area contributed by atoms with E-state index in [0.717, 1.165) is 37.0 Å². The summed E-state index contributed by atoms with van der Waals surface area (Å²) in [6.07, 6.45) is 5.99. The van der Waals surface area contributed by atoms with Gasteiger partial charge in [-0.15, -0.1) is 11.8 Å². The molecule has 1 aromatic heterocycles. The lowest BCUT2D eigenvalue weighted by atomic mass is 9.93. The van der Waals surface area contributed by atoms with Gasteiger partial charge in [-0.3, -0.25) is 9.59 Å². The summed E-state index contributed by atoms with van der Waals surface area (Å²) in [5.74, 6) is 1.77. The molecule has 0 unspecified atom stereocenters. The largest absolute Gasteiger partial charge is 0.469 e. The van der Waals surface area contributed by atoms with Crippen molar-refractivity contribution >= 4 is 23.6 Å². The van der Waals surface area contributed by atoms with Crippen molar-refractivity contribution in [2.75, 3.05) is 5.75 Å². The smallest absolute Gasteiger partial charge is 0.244 e. The van der Waals surface area contributed by atoms with Crippen molar-refractivity contribution < 1.29 is 14.0 Å². The molecule has 6 heteroatoms. The molecule has 0 aromatic carbocycles. The second kappa shape index (κ2) is 5.05. The molecule has 118 valence electrons. The average Bonchev–Trinajstić information content (AvgIpc) is 3.16. The van der Waals surface area contributed by atoms with E-state index in [1.165, 1.54) is 0 Å². The third-order valence-corrected chi connectivity index (χ3v) is 6.62. The summed E-state index contributed by atoms with van der Waals surface area (Å²) < 4.78 is 5.48. The minimum Gasteiger partial charge on any atom is -0.469 e. The highest BCUT2D eigenvalue weighted by atomic mass is 32.2. The van der Waals surface area contributed by atoms with Gasteiger partial charge in [-0.05, 0) is 32.3 Å². The first-order chi connectivity index (χ1) is 10.6. The Morgan fingerprint density at radius 3 is 3.23 bits per heavy atom. The Balaban J connectivity index is 1.51. The van der Waals surface area contributed by atoms with E-state index in [1.54, 1.807) is 18.0 Å². The Morgan fingerprint density at radius 1 is 1.50 bits per heavy atom. The SMILES string of the molecule is C[C@]12CCC(=O)N1[C@H](C(=O)N[C@@H]1CCCc3occc31)CS2. The Labute approximate surface area is 133 Å². The van der Waals surface area contributed by atoms with Gasteiger partial charge in [0.2, 0.25) is 11.8 Å². The molecule has 3 atom stereocenters. The van der Waals surface area contributed by atoms with Crippen LogP contribution in [0.5, 0.6) is 0 Å². The second-order valence-electron chi connectivity index (χ2n) is 6.52. The van der Waals surface area contributed by atoms with E-state index in [9.17, 15) is 9.59 Å². The van der Waals surface area contributed by atoms with Gasteiger partial charge >= 0.3 is 0 Å². The zero-order chi connectivity index (χ0) is 15.3. The highest BCUT2D eigenvalue weighted by Gasteiger charge is 2.53. The lowest BCUT2D eigenvalue weighted by molar-refractivity contribution is -0.138. The van der Waals surface area contributed by atoms with Gasteiger partial charge in [-0.2, -0.15) is 0 Å². The molecule has 4 rings (SSSR count). The molecule has 1 N–H and O–H groups in total. The molecule has 2 fully saturated rings. The number of rotatable bonds is 2. The van der Waals surface area contributed by atoms with Gasteiger partial charge < -0.3 is 14.6 Å². The summed E-state index contributed by atoms with van der Waals surface area (Å²) in [7, 11) is 0. The highest BCUT2D eigenvalue weighted by molar-refractivity contribution is 8.01. The fourth-order valence-corrected chi connectivity index (χ4v) is 5.35. The third-order valence-electron chi connectivity index (χ3n) is 5.12. The normalized spacial score (nSPS) is 33.7. The van der Waals surface area contributed by atoms with Gasteiger partial charge in [0.05, 0.1) is 17.2 Å². The maximum absolute atomic E-state index is 12.7. The van der Waals surface area contributed by atoms with E-state index in [-0.39, 0.29) is 28.8 Å². The highest BCUT2D eigenvalue weighted by Crippen LogP contribution is 2.47. The van der Waals surface area contributed by atoms with Crippen molar-refractivity contribution in [1.29, 1.82) is 0 Å². The van der Waals surface area contributed by atoms with Gasteiger partial charge in [0.15, 0.2) is 0 Å². The fraction of sp³-hybridized carbons (Fsp3) is 0.625. The Morgan fingerprint density at radius 2 is 2.36 bits per heavy atom. The minimum atomic E-state index is -0.331. The molecule has 5 nitrogen and oxygen atoms in total. The molecule has 22 heavy (non-hydrogen) atoms. The van der Waals surface area contributed by atoms with Gasteiger partial charge in [0.1, 0.15) is 11.8 Å². The van der Waals surface area contributed by atoms with Crippen LogP contribution in [0, 0.1) is 0 Å². The third kappa shape index (κ3) is 2.07. The first kappa shape index (κ1) is 14.2.